The van der Waals surface area contributed by atoms with Crippen molar-refractivity contribution < 1.29 is 47.0 Å². The van der Waals surface area contributed by atoms with E-state index in [4.69, 9.17) is 27.8 Å². The molecule has 5 rings (SSSR count). The number of amides is 1. The number of nitrogens with zero attached hydrogens (tertiary/aromatic N) is 3. The second-order valence-corrected chi connectivity index (χ2v) is 10.3. The van der Waals surface area contributed by atoms with Gasteiger partial charge < -0.3 is 33.1 Å². The molecule has 1 fully saturated rings. The molecule has 14 nitrogen and oxygen atoms in total. The number of para-hydroxylation sites is 1. The van der Waals surface area contributed by atoms with Gasteiger partial charge in [-0.3, -0.25) is 18.9 Å². The summed E-state index contributed by atoms with van der Waals surface area (Å²) in [5, 5.41) is 3.14. The number of esters is 2. The molecule has 0 radical (unpaired) electrons. The van der Waals surface area contributed by atoms with E-state index in [1.54, 1.807) is 48.0 Å². The van der Waals surface area contributed by atoms with E-state index in [0.29, 0.717) is 16.8 Å². The minimum atomic E-state index is -2.15. The van der Waals surface area contributed by atoms with Crippen molar-refractivity contribution in [3.8, 4) is 5.75 Å². The minimum absolute atomic E-state index is 0.252. The zero-order chi connectivity index (χ0) is 28.6. The molecule has 1 saturated heterocycles. The highest BCUT2D eigenvalue weighted by Gasteiger charge is 2.60. The summed E-state index contributed by atoms with van der Waals surface area (Å²) in [6.45, 7) is 5.09. The molecule has 1 N–H and O–H groups in total. The molecule has 2 unspecified atom stereocenters. The summed E-state index contributed by atoms with van der Waals surface area (Å²) in [5.41, 5.74) is -0.932. The number of aromatic nitrogens is 3. The summed E-state index contributed by atoms with van der Waals surface area (Å²) < 4.78 is 36.0. The van der Waals surface area contributed by atoms with Crippen LogP contribution in [0.5, 0.6) is 5.75 Å². The van der Waals surface area contributed by atoms with Crippen molar-refractivity contribution in [2.45, 2.75) is 51.7 Å². The lowest BCUT2D eigenvalue weighted by molar-refractivity contribution is -0.184. The van der Waals surface area contributed by atoms with Crippen LogP contribution in [0.4, 0.5) is 5.82 Å². The normalized spacial score (nSPS) is 25.4. The summed E-state index contributed by atoms with van der Waals surface area (Å²) in [6, 6.07) is 8.24. The second-order valence-electron chi connectivity index (χ2n) is 9.18. The van der Waals surface area contributed by atoms with Crippen molar-refractivity contribution in [1.82, 2.24) is 14.5 Å². The zero-order valence-electron chi connectivity index (χ0n) is 21.9. The number of anilines is 1. The molecule has 0 aliphatic carbocycles. The average molecular weight is 572 g/mol. The molecular formula is C25H25N4O10P. The van der Waals surface area contributed by atoms with Crippen LogP contribution in [-0.4, -0.2) is 62.8 Å². The maximum Gasteiger partial charge on any atom is 0.465 e. The number of ether oxygens (including phenoxy) is 3. The molecule has 1 amide bonds. The Morgan fingerprint density at radius 1 is 1.10 bits per heavy atom. The molecular weight excluding hydrogens is 547 g/mol. The minimum Gasteiger partial charge on any atom is -0.455 e. The summed E-state index contributed by atoms with van der Waals surface area (Å²) in [6.07, 6.45) is -0.305. The molecule has 40 heavy (non-hydrogen) atoms. The van der Waals surface area contributed by atoms with Crippen LogP contribution in [0.2, 0.25) is 0 Å². The van der Waals surface area contributed by atoms with Crippen molar-refractivity contribution in [3.05, 3.63) is 48.4 Å². The van der Waals surface area contributed by atoms with Crippen LogP contribution < -0.4 is 9.84 Å². The summed E-state index contributed by atoms with van der Waals surface area (Å²) in [4.78, 5) is 56.9. The molecule has 2 aliphatic heterocycles. The van der Waals surface area contributed by atoms with Crippen LogP contribution in [0, 0.1) is 0 Å². The smallest absolute Gasteiger partial charge is 0.455 e. The van der Waals surface area contributed by atoms with E-state index in [2.05, 4.69) is 15.3 Å². The van der Waals surface area contributed by atoms with Crippen molar-refractivity contribution in [2.75, 3.05) is 11.9 Å². The Morgan fingerprint density at radius 2 is 1.88 bits per heavy atom. The molecule has 2 aliphatic rings. The third kappa shape index (κ3) is 5.20. The van der Waals surface area contributed by atoms with Crippen LogP contribution in [0.15, 0.2) is 42.9 Å². The predicted molar refractivity (Wildman–Crippen MR) is 137 cm³/mol. The highest BCUT2D eigenvalue weighted by Crippen LogP contribution is 2.49. The first kappa shape index (κ1) is 27.4. The Balaban J connectivity index is 1.46. The van der Waals surface area contributed by atoms with Gasteiger partial charge in [0.1, 0.15) is 35.2 Å². The number of benzene rings is 1. The summed E-state index contributed by atoms with van der Waals surface area (Å²) in [7, 11) is -2.15. The van der Waals surface area contributed by atoms with Gasteiger partial charge in [-0.2, -0.15) is 0 Å². The maximum absolute atomic E-state index is 12.4. The molecule has 0 saturated carbocycles. The van der Waals surface area contributed by atoms with Crippen LogP contribution >= 0.6 is 8.60 Å². The Labute approximate surface area is 228 Å². The zero-order valence-corrected chi connectivity index (χ0v) is 22.7. The fourth-order valence-electron chi connectivity index (χ4n) is 4.68. The van der Waals surface area contributed by atoms with Crippen LogP contribution in [-0.2, 0) is 37.6 Å². The van der Waals surface area contributed by atoms with Gasteiger partial charge in [-0.25, -0.2) is 14.8 Å². The highest BCUT2D eigenvalue weighted by molar-refractivity contribution is 7.43. The van der Waals surface area contributed by atoms with E-state index in [9.17, 15) is 19.2 Å². The summed E-state index contributed by atoms with van der Waals surface area (Å²) in [5.74, 6) is -1.63. The van der Waals surface area contributed by atoms with Gasteiger partial charge in [0.2, 0.25) is 5.91 Å². The first-order chi connectivity index (χ1) is 19.1. The fourth-order valence-corrected chi connectivity index (χ4v) is 5.65. The van der Waals surface area contributed by atoms with Crippen molar-refractivity contribution >= 4 is 49.3 Å². The average Bonchev–Trinajstić information content (AvgIpc) is 3.41. The number of carbonyl (C=O) groups is 4. The lowest BCUT2D eigenvalue weighted by Gasteiger charge is -2.34. The molecule has 0 bridgehead atoms. The van der Waals surface area contributed by atoms with Crippen molar-refractivity contribution in [3.63, 3.8) is 0 Å². The third-order valence-electron chi connectivity index (χ3n) is 6.19. The number of carbonyl (C=O) groups excluding carboxylic acids is 4. The molecule has 4 heterocycles. The van der Waals surface area contributed by atoms with Gasteiger partial charge in [-0.05, 0) is 25.1 Å². The molecule has 5 atom stereocenters. The Hall–Kier alpha value is -4.13. The largest absolute Gasteiger partial charge is 0.465 e. The number of fused-ring (bicyclic) bond motifs is 2. The molecule has 0 spiro atoms. The van der Waals surface area contributed by atoms with E-state index in [-0.39, 0.29) is 23.9 Å². The number of rotatable bonds is 7. The second kappa shape index (κ2) is 10.8. The third-order valence-corrected chi connectivity index (χ3v) is 7.21. The highest BCUT2D eigenvalue weighted by atomic mass is 31.2. The van der Waals surface area contributed by atoms with Crippen LogP contribution in [0.1, 0.15) is 44.3 Å². The molecule has 3 aromatic rings. The fraction of sp³-hybridized carbons (Fsp3) is 0.360. The van der Waals surface area contributed by atoms with Gasteiger partial charge in [0.25, 0.3) is 0 Å². The van der Waals surface area contributed by atoms with Crippen LogP contribution in [0.25, 0.3) is 11.0 Å². The lowest BCUT2D eigenvalue weighted by atomic mass is 9.95. The topological polar surface area (TPSA) is 166 Å². The SMILES string of the molecule is CC(=O)Nc1ncnc2c1ccn2[C@@H]1O[C@H](COP2OC(=O)c3ccccc3O2)C(OC(C)=O)[C@@]1(C)OC(C)=O. The van der Waals surface area contributed by atoms with E-state index >= 15 is 0 Å². The van der Waals surface area contributed by atoms with E-state index in [1.807, 2.05) is 0 Å². The van der Waals surface area contributed by atoms with Crippen molar-refractivity contribution in [1.29, 1.82) is 0 Å². The molecule has 1 aromatic carbocycles. The van der Waals surface area contributed by atoms with E-state index in [1.165, 1.54) is 27.1 Å². The molecule has 210 valence electrons. The maximum atomic E-state index is 12.4. The van der Waals surface area contributed by atoms with Crippen molar-refractivity contribution in [2.24, 2.45) is 0 Å². The van der Waals surface area contributed by atoms with Gasteiger partial charge in [0.05, 0.1) is 12.0 Å². The summed E-state index contributed by atoms with van der Waals surface area (Å²) >= 11 is 0. The standard InChI is InChI=1S/C25H25N4O10P/c1-13(30)28-21-17-9-10-29(22(17)27-12-26-21)24-25(4,37-15(3)32)20(35-14(2)31)19(36-24)11-34-40-38-18-8-6-5-7-16(18)23(33)39-40/h5-10,12,19-20,24H,11H2,1-4H3,(H,26,27,28,30)/t19-,20?,24-,25-,40?/m1/s1. The Morgan fingerprint density at radius 3 is 2.60 bits per heavy atom. The number of nitrogens with one attached hydrogen (secondary N) is 1. The van der Waals surface area contributed by atoms with E-state index in [0.717, 1.165) is 0 Å². The quantitative estimate of drug-likeness (QED) is 0.325. The predicted octanol–water partition coefficient (Wildman–Crippen LogP) is 3.03. The first-order valence-electron chi connectivity index (χ1n) is 12.1. The van der Waals surface area contributed by atoms with Gasteiger partial charge in [-0.1, -0.05) is 12.1 Å². The van der Waals surface area contributed by atoms with Gasteiger partial charge in [0, 0.05) is 27.0 Å². The van der Waals surface area contributed by atoms with Gasteiger partial charge in [0.15, 0.2) is 17.9 Å². The number of hydrogen-bond donors (Lipinski definition) is 1. The Bertz CT molecular complexity index is 1500. The molecule has 2 aromatic heterocycles. The molecule has 15 heteroatoms. The number of hydrogen-bond acceptors (Lipinski definition) is 12. The Kier molecular flexibility index (Phi) is 7.41. The van der Waals surface area contributed by atoms with Crippen LogP contribution in [0.3, 0.4) is 0 Å². The first-order valence-corrected chi connectivity index (χ1v) is 13.2. The van der Waals surface area contributed by atoms with E-state index < -0.39 is 50.5 Å². The monoisotopic (exact) mass is 572 g/mol. The lowest BCUT2D eigenvalue weighted by Crippen LogP contribution is -2.50. The van der Waals surface area contributed by atoms with Gasteiger partial charge >= 0.3 is 26.5 Å². The van der Waals surface area contributed by atoms with Gasteiger partial charge in [-0.15, -0.1) is 0 Å².